The van der Waals surface area contributed by atoms with Gasteiger partial charge in [0.25, 0.3) is 5.91 Å². The van der Waals surface area contributed by atoms with E-state index in [1.54, 1.807) is 12.1 Å². The Kier molecular flexibility index (Phi) is 6.29. The molecule has 0 bridgehead atoms. The van der Waals surface area contributed by atoms with Crippen molar-refractivity contribution in [2.24, 2.45) is 0 Å². The zero-order valence-electron chi connectivity index (χ0n) is 9.21. The molecule has 1 amide bonds. The molecule has 0 aliphatic carbocycles. The van der Waals surface area contributed by atoms with E-state index in [1.165, 1.54) is 0 Å². The molecule has 1 aromatic carbocycles. The first kappa shape index (κ1) is 14.3. The first-order chi connectivity index (χ1) is 8.13. The summed E-state index contributed by atoms with van der Waals surface area (Å²) >= 11 is 6.71. The first-order valence-corrected chi connectivity index (χ1v) is 6.67. The Morgan fingerprint density at radius 2 is 2.24 bits per heavy atom. The van der Waals surface area contributed by atoms with Crippen molar-refractivity contribution in [3.63, 3.8) is 0 Å². The van der Waals surface area contributed by atoms with Crippen LogP contribution < -0.4 is 10.1 Å². The van der Waals surface area contributed by atoms with Gasteiger partial charge in [-0.15, -0.1) is 6.58 Å². The lowest BCUT2D eigenvalue weighted by molar-refractivity contribution is -0.123. The molecule has 17 heavy (non-hydrogen) atoms. The number of benzene rings is 1. The van der Waals surface area contributed by atoms with Gasteiger partial charge in [0, 0.05) is 11.0 Å². The Morgan fingerprint density at radius 3 is 2.88 bits per heavy atom. The van der Waals surface area contributed by atoms with Crippen LogP contribution in [0, 0.1) is 0 Å². The zero-order valence-corrected chi connectivity index (χ0v) is 12.4. The molecule has 92 valence electrons. The number of carbonyl (C=O) groups is 1. The molecular weight excluding hydrogens is 350 g/mol. The topological polar surface area (TPSA) is 38.3 Å². The van der Waals surface area contributed by atoms with Gasteiger partial charge in [-0.3, -0.25) is 4.79 Å². The molecule has 0 radical (unpaired) electrons. The predicted molar refractivity (Wildman–Crippen MR) is 75.2 cm³/mol. The van der Waals surface area contributed by atoms with Crippen LogP contribution in [-0.2, 0) is 4.79 Å². The summed E-state index contributed by atoms with van der Waals surface area (Å²) in [7, 11) is 0. The van der Waals surface area contributed by atoms with E-state index < -0.39 is 0 Å². The van der Waals surface area contributed by atoms with Crippen molar-refractivity contribution in [3.8, 4) is 5.75 Å². The number of rotatable bonds is 6. The van der Waals surface area contributed by atoms with Crippen LogP contribution in [0.1, 0.15) is 6.42 Å². The molecule has 5 heteroatoms. The smallest absolute Gasteiger partial charge is 0.257 e. The van der Waals surface area contributed by atoms with E-state index in [0.717, 1.165) is 15.4 Å². The second kappa shape index (κ2) is 7.50. The molecule has 0 saturated heterocycles. The van der Waals surface area contributed by atoms with Gasteiger partial charge in [0.1, 0.15) is 5.75 Å². The summed E-state index contributed by atoms with van der Waals surface area (Å²) in [5.41, 5.74) is 0. The number of hydrogen-bond donors (Lipinski definition) is 1. The van der Waals surface area contributed by atoms with Crippen molar-refractivity contribution in [1.29, 1.82) is 0 Å². The molecule has 0 unspecified atom stereocenters. The van der Waals surface area contributed by atoms with Gasteiger partial charge in [0.15, 0.2) is 6.61 Å². The van der Waals surface area contributed by atoms with Crippen molar-refractivity contribution >= 4 is 37.8 Å². The summed E-state index contributed by atoms with van der Waals surface area (Å²) < 4.78 is 7.14. The van der Waals surface area contributed by atoms with E-state index in [1.807, 2.05) is 12.1 Å². The van der Waals surface area contributed by atoms with Crippen LogP contribution in [0.5, 0.6) is 5.75 Å². The first-order valence-electron chi connectivity index (χ1n) is 5.09. The highest BCUT2D eigenvalue weighted by Crippen LogP contribution is 2.27. The van der Waals surface area contributed by atoms with Gasteiger partial charge < -0.3 is 10.1 Å². The molecule has 1 aromatic rings. The SMILES string of the molecule is C=CCCNC(=O)COc1ccc(Br)cc1Br. The fraction of sp³-hybridized carbons (Fsp3) is 0.250. The molecule has 1 rings (SSSR count). The molecule has 0 atom stereocenters. The minimum absolute atomic E-state index is 0.0113. The monoisotopic (exact) mass is 361 g/mol. The zero-order chi connectivity index (χ0) is 12.7. The van der Waals surface area contributed by atoms with Crippen molar-refractivity contribution in [2.45, 2.75) is 6.42 Å². The van der Waals surface area contributed by atoms with E-state index in [9.17, 15) is 4.79 Å². The molecule has 0 aliphatic rings. The van der Waals surface area contributed by atoms with E-state index in [4.69, 9.17) is 4.74 Å². The highest BCUT2D eigenvalue weighted by Gasteiger charge is 2.05. The van der Waals surface area contributed by atoms with Gasteiger partial charge in [-0.1, -0.05) is 22.0 Å². The van der Waals surface area contributed by atoms with Crippen molar-refractivity contribution < 1.29 is 9.53 Å². The minimum Gasteiger partial charge on any atom is -0.483 e. The number of halogens is 2. The molecule has 1 N–H and O–H groups in total. The van der Waals surface area contributed by atoms with Crippen LogP contribution >= 0.6 is 31.9 Å². The summed E-state index contributed by atoms with van der Waals surface area (Å²) in [5, 5.41) is 2.72. The minimum atomic E-state index is -0.137. The van der Waals surface area contributed by atoms with Gasteiger partial charge in [0.05, 0.1) is 4.47 Å². The van der Waals surface area contributed by atoms with Gasteiger partial charge in [0.2, 0.25) is 0 Å². The fourth-order valence-corrected chi connectivity index (χ4v) is 2.26. The molecule has 0 heterocycles. The quantitative estimate of drug-likeness (QED) is 0.623. The third-order valence-electron chi connectivity index (χ3n) is 1.92. The summed E-state index contributed by atoms with van der Waals surface area (Å²) in [6.07, 6.45) is 2.51. The maximum Gasteiger partial charge on any atom is 0.257 e. The Morgan fingerprint density at radius 1 is 1.47 bits per heavy atom. The normalized spacial score (nSPS) is 9.76. The Hall–Kier alpha value is -0.810. The number of nitrogens with one attached hydrogen (secondary N) is 1. The average molecular weight is 363 g/mol. The predicted octanol–water partition coefficient (Wildman–Crippen LogP) is 3.28. The van der Waals surface area contributed by atoms with Crippen LogP contribution in [0.4, 0.5) is 0 Å². The molecule has 0 aliphatic heterocycles. The van der Waals surface area contributed by atoms with Gasteiger partial charge in [-0.25, -0.2) is 0 Å². The lowest BCUT2D eigenvalue weighted by Crippen LogP contribution is -2.29. The third-order valence-corrected chi connectivity index (χ3v) is 3.04. The van der Waals surface area contributed by atoms with Crippen LogP contribution in [0.25, 0.3) is 0 Å². The van der Waals surface area contributed by atoms with Crippen molar-refractivity contribution in [2.75, 3.05) is 13.2 Å². The summed E-state index contributed by atoms with van der Waals surface area (Å²) in [4.78, 5) is 11.4. The number of carbonyl (C=O) groups excluding carboxylic acids is 1. The number of hydrogen-bond acceptors (Lipinski definition) is 2. The Labute approximate surface area is 117 Å². The maximum absolute atomic E-state index is 11.4. The van der Waals surface area contributed by atoms with Gasteiger partial charge in [-0.05, 0) is 40.5 Å². The summed E-state index contributed by atoms with van der Waals surface area (Å²) in [5.74, 6) is 0.508. The molecule has 0 saturated carbocycles. The standard InChI is InChI=1S/C12H13Br2NO2/c1-2-3-6-15-12(16)8-17-11-5-4-9(13)7-10(11)14/h2,4-5,7H,1,3,6,8H2,(H,15,16). The Bertz CT molecular complexity index is 407. The van der Waals surface area contributed by atoms with E-state index >= 15 is 0 Å². The second-order valence-corrected chi connectivity index (χ2v) is 5.06. The van der Waals surface area contributed by atoms with Crippen LogP contribution in [0.15, 0.2) is 39.8 Å². The average Bonchev–Trinajstić information content (AvgIpc) is 2.28. The van der Waals surface area contributed by atoms with Gasteiger partial charge >= 0.3 is 0 Å². The molecule has 0 spiro atoms. The molecular formula is C12H13Br2NO2. The van der Waals surface area contributed by atoms with Crippen molar-refractivity contribution in [1.82, 2.24) is 5.32 Å². The second-order valence-electron chi connectivity index (χ2n) is 3.29. The van der Waals surface area contributed by atoms with Gasteiger partial charge in [-0.2, -0.15) is 0 Å². The summed E-state index contributed by atoms with van der Waals surface area (Å²) in [6, 6.07) is 5.52. The Balaban J connectivity index is 2.39. The summed E-state index contributed by atoms with van der Waals surface area (Å²) in [6.45, 7) is 4.18. The van der Waals surface area contributed by atoms with Crippen LogP contribution in [0.2, 0.25) is 0 Å². The highest BCUT2D eigenvalue weighted by atomic mass is 79.9. The molecule has 0 fully saturated rings. The highest BCUT2D eigenvalue weighted by molar-refractivity contribution is 9.11. The largest absolute Gasteiger partial charge is 0.483 e. The molecule has 3 nitrogen and oxygen atoms in total. The third kappa shape index (κ3) is 5.37. The molecule has 0 aromatic heterocycles. The van der Waals surface area contributed by atoms with E-state index in [0.29, 0.717) is 12.3 Å². The lowest BCUT2D eigenvalue weighted by Gasteiger charge is -2.08. The number of amides is 1. The van der Waals surface area contributed by atoms with E-state index in [2.05, 4.69) is 43.8 Å². The lowest BCUT2D eigenvalue weighted by atomic mass is 10.3. The number of ether oxygens (including phenoxy) is 1. The van der Waals surface area contributed by atoms with Crippen LogP contribution in [-0.4, -0.2) is 19.1 Å². The maximum atomic E-state index is 11.4. The van der Waals surface area contributed by atoms with Crippen LogP contribution in [0.3, 0.4) is 0 Å². The fourth-order valence-electron chi connectivity index (χ4n) is 1.10. The van der Waals surface area contributed by atoms with Crippen molar-refractivity contribution in [3.05, 3.63) is 39.8 Å². The van der Waals surface area contributed by atoms with E-state index in [-0.39, 0.29) is 12.5 Å².